The molecule has 0 N–H and O–H groups in total. The molecule has 0 bridgehead atoms. The Labute approximate surface area is 74.1 Å². The van der Waals surface area contributed by atoms with Crippen molar-refractivity contribution in [3.63, 3.8) is 0 Å². The van der Waals surface area contributed by atoms with Crippen LogP contribution in [0.3, 0.4) is 0 Å². The zero-order valence-electron chi connectivity index (χ0n) is 7.99. The van der Waals surface area contributed by atoms with Crippen LogP contribution in [0.15, 0.2) is 0 Å². The van der Waals surface area contributed by atoms with Crippen LogP contribution in [-0.4, -0.2) is 25.2 Å². The van der Waals surface area contributed by atoms with Gasteiger partial charge < -0.3 is 0 Å². The molecule has 0 aromatic heterocycles. The highest BCUT2D eigenvalue weighted by atomic mass is 32.2. The largest absolute Gasteiger partial charge is 0.298 e. The highest BCUT2D eigenvalue weighted by Gasteiger charge is 2.21. The Morgan fingerprint density at radius 3 is 1.83 bits per heavy atom. The average molecular weight is 192 g/mol. The first-order valence-corrected chi connectivity index (χ1v) is 5.73. The fourth-order valence-electron chi connectivity index (χ4n) is 0.532. The minimum atomic E-state index is -3.19. The van der Waals surface area contributed by atoms with Gasteiger partial charge in [-0.05, 0) is 13.8 Å². The quantitative estimate of drug-likeness (QED) is 0.668. The Bertz CT molecular complexity index is 249. The molecule has 0 spiro atoms. The fraction of sp³-hybridized carbons (Fsp3) is 0.875. The second-order valence-electron chi connectivity index (χ2n) is 3.48. The van der Waals surface area contributed by atoms with E-state index < -0.39 is 15.1 Å². The molecule has 4 heteroatoms. The second kappa shape index (κ2) is 4.03. The maximum absolute atomic E-state index is 11.2. The Morgan fingerprint density at radius 2 is 1.58 bits per heavy atom. The van der Waals surface area contributed by atoms with Gasteiger partial charge in [-0.2, -0.15) is 0 Å². The highest BCUT2D eigenvalue weighted by molar-refractivity contribution is 7.92. The molecular formula is C8H16O3S. The maximum Gasteiger partial charge on any atom is 0.159 e. The normalized spacial score (nSPS) is 12.5. The highest BCUT2D eigenvalue weighted by Crippen LogP contribution is 2.04. The van der Waals surface area contributed by atoms with Gasteiger partial charge in [0.1, 0.15) is 11.5 Å². The van der Waals surface area contributed by atoms with Gasteiger partial charge in [0.15, 0.2) is 9.84 Å². The lowest BCUT2D eigenvalue weighted by atomic mass is 10.1. The molecule has 0 saturated carbocycles. The van der Waals surface area contributed by atoms with Gasteiger partial charge in [-0.25, -0.2) is 8.42 Å². The third-order valence-corrected chi connectivity index (χ3v) is 3.83. The van der Waals surface area contributed by atoms with Crippen LogP contribution in [0, 0.1) is 5.92 Å². The van der Waals surface area contributed by atoms with Crippen molar-refractivity contribution in [1.82, 2.24) is 0 Å². The van der Waals surface area contributed by atoms with E-state index in [1.807, 2.05) is 0 Å². The van der Waals surface area contributed by atoms with Crippen LogP contribution in [0.25, 0.3) is 0 Å². The Balaban J connectivity index is 4.38. The van der Waals surface area contributed by atoms with E-state index in [4.69, 9.17) is 0 Å². The van der Waals surface area contributed by atoms with Gasteiger partial charge in [0, 0.05) is 5.92 Å². The monoisotopic (exact) mass is 192 g/mol. The van der Waals surface area contributed by atoms with Gasteiger partial charge in [-0.15, -0.1) is 0 Å². The number of ketones is 1. The fourth-order valence-corrected chi connectivity index (χ4v) is 1.59. The third kappa shape index (κ3) is 3.34. The summed E-state index contributed by atoms with van der Waals surface area (Å²) in [5, 5.41) is -0.458. The number of Topliss-reactive ketones (excluding diaryl/α,β-unsaturated/α-hetero) is 1. The SMILES string of the molecule is CC(C)C(=O)CS(=O)(=O)C(C)C. The summed E-state index contributed by atoms with van der Waals surface area (Å²) in [5.41, 5.74) is 0. The molecule has 0 aromatic carbocycles. The van der Waals surface area contributed by atoms with Gasteiger partial charge in [0.05, 0.1) is 5.25 Å². The Kier molecular flexibility index (Phi) is 3.90. The molecule has 0 rings (SSSR count). The summed E-state index contributed by atoms with van der Waals surface area (Å²) in [5.74, 6) is -0.718. The Morgan fingerprint density at radius 1 is 1.17 bits per heavy atom. The predicted octanol–water partition coefficient (Wildman–Crippen LogP) is 1.03. The molecule has 0 unspecified atom stereocenters. The van der Waals surface area contributed by atoms with E-state index >= 15 is 0 Å². The first-order chi connectivity index (χ1) is 5.27. The summed E-state index contributed by atoms with van der Waals surface area (Å²) in [4.78, 5) is 11.1. The van der Waals surface area contributed by atoms with Crippen molar-refractivity contribution in [3.05, 3.63) is 0 Å². The molecule has 0 saturated heterocycles. The molecule has 0 amide bonds. The molecule has 0 heterocycles. The second-order valence-corrected chi connectivity index (χ2v) is 6.03. The summed E-state index contributed by atoms with van der Waals surface area (Å²) in [6.07, 6.45) is 0. The summed E-state index contributed by atoms with van der Waals surface area (Å²) in [7, 11) is -3.19. The summed E-state index contributed by atoms with van der Waals surface area (Å²) < 4.78 is 22.4. The maximum atomic E-state index is 11.2. The summed E-state index contributed by atoms with van der Waals surface area (Å²) in [6.45, 7) is 6.59. The topological polar surface area (TPSA) is 51.2 Å². The molecule has 0 aliphatic carbocycles. The van der Waals surface area contributed by atoms with Gasteiger partial charge in [0.25, 0.3) is 0 Å². The van der Waals surface area contributed by atoms with E-state index in [-0.39, 0.29) is 17.5 Å². The van der Waals surface area contributed by atoms with Crippen LogP contribution in [0.5, 0.6) is 0 Å². The van der Waals surface area contributed by atoms with Crippen LogP contribution in [0.2, 0.25) is 0 Å². The molecule has 72 valence electrons. The molecule has 0 radical (unpaired) electrons. The lowest BCUT2D eigenvalue weighted by molar-refractivity contribution is -0.119. The van der Waals surface area contributed by atoms with E-state index in [2.05, 4.69) is 0 Å². The van der Waals surface area contributed by atoms with E-state index in [0.29, 0.717) is 0 Å². The van der Waals surface area contributed by atoms with Gasteiger partial charge >= 0.3 is 0 Å². The van der Waals surface area contributed by atoms with Crippen molar-refractivity contribution < 1.29 is 13.2 Å². The lowest BCUT2D eigenvalue weighted by Crippen LogP contribution is -2.26. The molecule has 0 atom stereocenters. The minimum Gasteiger partial charge on any atom is -0.298 e. The van der Waals surface area contributed by atoms with Crippen LogP contribution < -0.4 is 0 Å². The summed E-state index contributed by atoms with van der Waals surface area (Å²) in [6, 6.07) is 0. The van der Waals surface area contributed by atoms with Crippen molar-refractivity contribution in [2.24, 2.45) is 5.92 Å². The minimum absolute atomic E-state index is 0.196. The van der Waals surface area contributed by atoms with Crippen molar-refractivity contribution in [2.45, 2.75) is 32.9 Å². The molecule has 0 aromatic rings. The van der Waals surface area contributed by atoms with Crippen molar-refractivity contribution in [1.29, 1.82) is 0 Å². The number of carbonyl (C=O) groups excluding carboxylic acids is 1. The van der Waals surface area contributed by atoms with Gasteiger partial charge in [-0.3, -0.25) is 4.79 Å². The van der Waals surface area contributed by atoms with Crippen molar-refractivity contribution >= 4 is 15.6 Å². The molecule has 0 fully saturated rings. The number of carbonyl (C=O) groups is 1. The van der Waals surface area contributed by atoms with Crippen LogP contribution in [-0.2, 0) is 14.6 Å². The molecule has 3 nitrogen and oxygen atoms in total. The average Bonchev–Trinajstić information content (AvgIpc) is 1.85. The number of sulfone groups is 1. The number of rotatable bonds is 4. The number of hydrogen-bond acceptors (Lipinski definition) is 3. The molecular weight excluding hydrogens is 176 g/mol. The first kappa shape index (κ1) is 11.6. The standard InChI is InChI=1S/C8H16O3S/c1-6(2)8(9)5-12(10,11)7(3)4/h6-7H,5H2,1-4H3. The van der Waals surface area contributed by atoms with Crippen molar-refractivity contribution in [3.8, 4) is 0 Å². The predicted molar refractivity (Wildman–Crippen MR) is 48.8 cm³/mol. The van der Waals surface area contributed by atoms with Gasteiger partial charge in [-0.1, -0.05) is 13.8 Å². The molecule has 0 aliphatic rings. The van der Waals surface area contributed by atoms with E-state index in [1.165, 1.54) is 0 Å². The van der Waals surface area contributed by atoms with Crippen LogP contribution in [0.4, 0.5) is 0 Å². The zero-order valence-corrected chi connectivity index (χ0v) is 8.81. The van der Waals surface area contributed by atoms with E-state index in [0.717, 1.165) is 0 Å². The third-order valence-electron chi connectivity index (χ3n) is 1.71. The molecule has 0 aliphatic heterocycles. The lowest BCUT2D eigenvalue weighted by Gasteiger charge is -2.07. The summed E-state index contributed by atoms with van der Waals surface area (Å²) >= 11 is 0. The number of hydrogen-bond donors (Lipinski definition) is 0. The van der Waals surface area contributed by atoms with Crippen LogP contribution in [0.1, 0.15) is 27.7 Å². The van der Waals surface area contributed by atoms with E-state index in [9.17, 15) is 13.2 Å². The van der Waals surface area contributed by atoms with E-state index in [1.54, 1.807) is 27.7 Å². The first-order valence-electron chi connectivity index (χ1n) is 4.01. The Hall–Kier alpha value is -0.380. The van der Waals surface area contributed by atoms with Crippen LogP contribution >= 0.6 is 0 Å². The van der Waals surface area contributed by atoms with Crippen molar-refractivity contribution in [2.75, 3.05) is 5.75 Å². The smallest absolute Gasteiger partial charge is 0.159 e. The van der Waals surface area contributed by atoms with Gasteiger partial charge in [0.2, 0.25) is 0 Å². The zero-order chi connectivity index (χ0) is 9.94. The molecule has 12 heavy (non-hydrogen) atoms.